The van der Waals surface area contributed by atoms with E-state index in [0.717, 1.165) is 5.56 Å². The second kappa shape index (κ2) is 7.54. The number of carbonyl (C=O) groups excluding carboxylic acids is 1. The number of rotatable bonds is 5. The van der Waals surface area contributed by atoms with Crippen molar-refractivity contribution in [1.29, 1.82) is 0 Å². The zero-order valence-electron chi connectivity index (χ0n) is 18.3. The Morgan fingerprint density at radius 3 is 2.61 bits per heavy atom. The number of anilines is 1. The summed E-state index contributed by atoms with van der Waals surface area (Å²) in [5.41, 5.74) is 0.732. The van der Waals surface area contributed by atoms with E-state index in [9.17, 15) is 19.5 Å². The third kappa shape index (κ3) is 3.17. The smallest absolute Gasteiger partial charge is 0.255 e. The highest BCUT2D eigenvalue weighted by Gasteiger charge is 2.48. The minimum Gasteiger partial charge on any atom is -0.485 e. The van der Waals surface area contributed by atoms with Crippen LogP contribution in [0.2, 0.25) is 0 Å². The molecule has 8 heteroatoms. The topological polar surface area (TPSA) is 116 Å². The third-order valence-corrected chi connectivity index (χ3v) is 6.51. The molecule has 0 unspecified atom stereocenters. The summed E-state index contributed by atoms with van der Waals surface area (Å²) in [5, 5.41) is 23.1. The van der Waals surface area contributed by atoms with Gasteiger partial charge in [-0.3, -0.25) is 14.4 Å². The van der Waals surface area contributed by atoms with Crippen molar-refractivity contribution < 1.29 is 19.7 Å². The number of aliphatic hydroxyl groups excluding tert-OH is 2. The molecule has 33 heavy (non-hydrogen) atoms. The van der Waals surface area contributed by atoms with E-state index < -0.39 is 28.6 Å². The molecular weight excluding hydrogens is 424 g/mol. The maximum Gasteiger partial charge on any atom is 0.255 e. The van der Waals surface area contributed by atoms with Crippen LogP contribution in [0.5, 0.6) is 5.75 Å². The van der Waals surface area contributed by atoms with E-state index in [4.69, 9.17) is 9.84 Å². The lowest BCUT2D eigenvalue weighted by Crippen LogP contribution is -2.53. The van der Waals surface area contributed by atoms with E-state index >= 15 is 0 Å². The Morgan fingerprint density at radius 1 is 1.12 bits per heavy atom. The molecule has 0 spiro atoms. The van der Waals surface area contributed by atoms with Gasteiger partial charge in [-0.15, -0.1) is 0 Å². The molecule has 0 bridgehead atoms. The second-order valence-corrected chi connectivity index (χ2v) is 9.00. The summed E-state index contributed by atoms with van der Waals surface area (Å²) in [5.74, 6) is 0.328. The van der Waals surface area contributed by atoms with Gasteiger partial charge >= 0.3 is 0 Å². The number of ether oxygens (including phenoxy) is 1. The summed E-state index contributed by atoms with van der Waals surface area (Å²) >= 11 is 0. The lowest BCUT2D eigenvalue weighted by Gasteiger charge is -2.45. The first-order valence-corrected chi connectivity index (χ1v) is 10.8. The zero-order valence-corrected chi connectivity index (χ0v) is 18.3. The molecular formula is C25H24N2O6. The lowest BCUT2D eigenvalue weighted by molar-refractivity contribution is -0.0867. The molecule has 0 fully saturated rings. The van der Waals surface area contributed by atoms with E-state index in [1.165, 1.54) is 0 Å². The summed E-state index contributed by atoms with van der Waals surface area (Å²) in [6.07, 6.45) is -1.03. The number of aliphatic hydroxyl groups is 2. The van der Waals surface area contributed by atoms with Crippen molar-refractivity contribution >= 4 is 11.6 Å². The van der Waals surface area contributed by atoms with E-state index in [-0.39, 0.29) is 30.3 Å². The van der Waals surface area contributed by atoms with Crippen molar-refractivity contribution in [3.05, 3.63) is 79.6 Å². The van der Waals surface area contributed by atoms with Gasteiger partial charge in [0.05, 0.1) is 23.9 Å². The minimum absolute atomic E-state index is 0.141. The number of carbonyl (C=O) groups is 1. The van der Waals surface area contributed by atoms with E-state index in [1.54, 1.807) is 43.0 Å². The molecule has 0 radical (unpaired) electrons. The standard InChI is InChI=1S/C25H24N2O6/c1-25(2)23(31)20(27-12-14-5-3-4-6-15(14)24(27)32)16-11-13(7-8-17(16)33-25)18-19(26-9-10-28)22(30)21(18)29/h3-8,11,20,23,26,28,31H,9-10,12H2,1-2H3/t20-,23+/m0/s1. The van der Waals surface area contributed by atoms with Gasteiger partial charge in [-0.25, -0.2) is 0 Å². The first kappa shape index (κ1) is 21.4. The van der Waals surface area contributed by atoms with Crippen molar-refractivity contribution in [2.45, 2.75) is 38.1 Å². The molecule has 2 atom stereocenters. The average Bonchev–Trinajstić information content (AvgIpc) is 3.13. The lowest BCUT2D eigenvalue weighted by atomic mass is 9.84. The zero-order chi connectivity index (χ0) is 23.5. The van der Waals surface area contributed by atoms with Gasteiger partial charge in [0.1, 0.15) is 17.5 Å². The van der Waals surface area contributed by atoms with Crippen LogP contribution in [-0.4, -0.2) is 45.9 Å². The minimum atomic E-state index is -1.03. The molecule has 1 amide bonds. The van der Waals surface area contributed by atoms with Crippen LogP contribution in [0.4, 0.5) is 5.69 Å². The molecule has 3 aromatic rings. The van der Waals surface area contributed by atoms with Gasteiger partial charge < -0.3 is 25.2 Å². The molecule has 3 aromatic carbocycles. The Kier molecular flexibility index (Phi) is 4.88. The van der Waals surface area contributed by atoms with Gasteiger partial charge in [0.2, 0.25) is 10.9 Å². The van der Waals surface area contributed by atoms with Crippen LogP contribution in [0.1, 0.15) is 41.4 Å². The Hall–Kier alpha value is -3.49. The number of hydrogen-bond donors (Lipinski definition) is 3. The van der Waals surface area contributed by atoms with Gasteiger partial charge in [-0.1, -0.05) is 24.3 Å². The third-order valence-electron chi connectivity index (χ3n) is 6.51. The van der Waals surface area contributed by atoms with Crippen LogP contribution in [0.15, 0.2) is 52.1 Å². The summed E-state index contributed by atoms with van der Waals surface area (Å²) < 4.78 is 6.06. The average molecular weight is 448 g/mol. The van der Waals surface area contributed by atoms with Crippen LogP contribution >= 0.6 is 0 Å². The van der Waals surface area contributed by atoms with Gasteiger partial charge in [0.15, 0.2) is 0 Å². The van der Waals surface area contributed by atoms with E-state index in [2.05, 4.69) is 5.32 Å². The molecule has 2 aliphatic rings. The fraction of sp³-hybridized carbons (Fsp3) is 0.320. The van der Waals surface area contributed by atoms with Crippen LogP contribution in [0.3, 0.4) is 0 Å². The molecule has 8 nitrogen and oxygen atoms in total. The molecule has 5 rings (SSSR count). The Labute approximate surface area is 189 Å². The predicted octanol–water partition coefficient (Wildman–Crippen LogP) is 1.58. The van der Waals surface area contributed by atoms with Crippen LogP contribution in [0, 0.1) is 0 Å². The summed E-state index contributed by atoms with van der Waals surface area (Å²) in [4.78, 5) is 39.3. The summed E-state index contributed by atoms with van der Waals surface area (Å²) in [6.45, 7) is 3.84. The number of fused-ring (bicyclic) bond motifs is 2. The quantitative estimate of drug-likeness (QED) is 0.508. The summed E-state index contributed by atoms with van der Waals surface area (Å²) in [7, 11) is 0. The number of nitrogens with one attached hydrogen (secondary N) is 1. The Bertz CT molecular complexity index is 1340. The molecule has 0 aromatic heterocycles. The van der Waals surface area contributed by atoms with Gasteiger partial charge in [-0.05, 0) is 43.2 Å². The highest BCUT2D eigenvalue weighted by Crippen LogP contribution is 2.46. The van der Waals surface area contributed by atoms with Gasteiger partial charge in [0.25, 0.3) is 5.91 Å². The van der Waals surface area contributed by atoms with E-state index in [1.807, 2.05) is 18.2 Å². The van der Waals surface area contributed by atoms with Crippen LogP contribution < -0.4 is 20.9 Å². The molecule has 0 saturated heterocycles. The Balaban J connectivity index is 1.61. The van der Waals surface area contributed by atoms with Crippen LogP contribution in [0.25, 0.3) is 11.1 Å². The molecule has 2 heterocycles. The second-order valence-electron chi connectivity index (χ2n) is 9.00. The highest BCUT2D eigenvalue weighted by molar-refractivity contribution is 5.98. The van der Waals surface area contributed by atoms with Crippen molar-refractivity contribution in [2.75, 3.05) is 18.5 Å². The van der Waals surface area contributed by atoms with Gasteiger partial charge in [0, 0.05) is 24.2 Å². The first-order valence-electron chi connectivity index (χ1n) is 10.8. The fourth-order valence-electron chi connectivity index (χ4n) is 4.78. The first-order chi connectivity index (χ1) is 15.7. The number of nitrogens with zero attached hydrogens (tertiary/aromatic N) is 1. The monoisotopic (exact) mass is 448 g/mol. The number of amides is 1. The highest BCUT2D eigenvalue weighted by atomic mass is 16.5. The summed E-state index contributed by atoms with van der Waals surface area (Å²) in [6, 6.07) is 11.7. The SMILES string of the molecule is CC1(C)Oc2ccc(-c3c(NCCO)c(=O)c3=O)cc2[C@H](N2Cc3ccccc3C2=O)[C@H]1O. The van der Waals surface area contributed by atoms with Crippen molar-refractivity contribution in [3.63, 3.8) is 0 Å². The molecule has 0 saturated carbocycles. The predicted molar refractivity (Wildman–Crippen MR) is 122 cm³/mol. The molecule has 3 N–H and O–H groups in total. The molecule has 0 aliphatic carbocycles. The molecule has 2 aliphatic heterocycles. The van der Waals surface area contributed by atoms with Crippen molar-refractivity contribution in [1.82, 2.24) is 4.90 Å². The number of benzene rings is 2. The van der Waals surface area contributed by atoms with Crippen molar-refractivity contribution in [2.24, 2.45) is 0 Å². The van der Waals surface area contributed by atoms with E-state index in [0.29, 0.717) is 29.0 Å². The van der Waals surface area contributed by atoms with Crippen molar-refractivity contribution in [3.8, 4) is 16.9 Å². The maximum absolute atomic E-state index is 13.2. The van der Waals surface area contributed by atoms with Gasteiger partial charge in [-0.2, -0.15) is 0 Å². The normalized spacial score (nSPS) is 21.0. The maximum atomic E-state index is 13.2. The fourth-order valence-corrected chi connectivity index (χ4v) is 4.78. The Morgan fingerprint density at radius 2 is 1.88 bits per heavy atom. The molecule has 170 valence electrons. The van der Waals surface area contributed by atoms with Crippen LogP contribution in [-0.2, 0) is 6.54 Å². The number of hydrogen-bond acceptors (Lipinski definition) is 7. The largest absolute Gasteiger partial charge is 0.485 e.